The van der Waals surface area contributed by atoms with E-state index in [0.717, 1.165) is 12.1 Å². The molecule has 184 valence electrons. The van der Waals surface area contributed by atoms with Gasteiger partial charge in [-0.15, -0.1) is 0 Å². The number of hydrogen-bond acceptors (Lipinski definition) is 8. The van der Waals surface area contributed by atoms with Gasteiger partial charge in [-0.2, -0.15) is 0 Å². The lowest BCUT2D eigenvalue weighted by Gasteiger charge is -2.27. The van der Waals surface area contributed by atoms with E-state index in [4.69, 9.17) is 21.1 Å². The summed E-state index contributed by atoms with van der Waals surface area (Å²) in [6, 6.07) is 0.948. The smallest absolute Gasteiger partial charge is 0.338 e. The first-order valence-electron chi connectivity index (χ1n) is 10.3. The molecule has 2 rings (SSSR count). The van der Waals surface area contributed by atoms with Gasteiger partial charge >= 0.3 is 18.0 Å². The maximum atomic E-state index is 12.8. The highest BCUT2D eigenvalue weighted by Gasteiger charge is 2.32. The molecule has 1 aliphatic rings. The van der Waals surface area contributed by atoms with Crippen LogP contribution < -0.4 is 16.0 Å². The second kappa shape index (κ2) is 11.5. The number of carbonyl (C=O) groups is 4. The third-order valence-corrected chi connectivity index (χ3v) is 5.17. The highest BCUT2D eigenvalue weighted by atomic mass is 35.5. The van der Waals surface area contributed by atoms with Gasteiger partial charge in [-0.3, -0.25) is 14.9 Å². The lowest BCUT2D eigenvalue weighted by molar-refractivity contribution is -0.384. The van der Waals surface area contributed by atoms with Crippen LogP contribution in [-0.4, -0.2) is 54.1 Å². The van der Waals surface area contributed by atoms with E-state index in [1.807, 2.05) is 0 Å². The van der Waals surface area contributed by atoms with Crippen molar-refractivity contribution in [3.63, 3.8) is 0 Å². The molecule has 1 unspecified atom stereocenters. The monoisotopic (exact) mass is 496 g/mol. The third kappa shape index (κ3) is 6.44. The Morgan fingerprint density at radius 1 is 1.26 bits per heavy atom. The van der Waals surface area contributed by atoms with Crippen molar-refractivity contribution >= 4 is 41.2 Å². The minimum absolute atomic E-state index is 0.0328. The Morgan fingerprint density at radius 3 is 2.53 bits per heavy atom. The van der Waals surface area contributed by atoms with Crippen LogP contribution in [0.15, 0.2) is 29.5 Å². The number of nitrogens with one attached hydrogen (secondary N) is 3. The lowest BCUT2D eigenvalue weighted by atomic mass is 10.0. The summed E-state index contributed by atoms with van der Waals surface area (Å²) >= 11 is 6.00. The van der Waals surface area contributed by atoms with Gasteiger partial charge in [-0.05, 0) is 25.8 Å². The Kier molecular flexibility index (Phi) is 8.96. The number of urea groups is 1. The quantitative estimate of drug-likeness (QED) is 0.265. The van der Waals surface area contributed by atoms with Gasteiger partial charge in [0.1, 0.15) is 12.6 Å². The molecule has 1 heterocycles. The summed E-state index contributed by atoms with van der Waals surface area (Å²) in [6.07, 6.45) is 0. The summed E-state index contributed by atoms with van der Waals surface area (Å²) in [6.45, 7) is 6.16. The average molecular weight is 497 g/mol. The zero-order valence-electron chi connectivity index (χ0n) is 19.0. The Morgan fingerprint density at radius 2 is 1.94 bits per heavy atom. The molecule has 0 bridgehead atoms. The molecule has 1 aromatic carbocycles. The molecule has 0 fully saturated rings. The van der Waals surface area contributed by atoms with Gasteiger partial charge in [0.15, 0.2) is 0 Å². The van der Waals surface area contributed by atoms with Crippen LogP contribution in [0.5, 0.6) is 0 Å². The number of amides is 3. The third-order valence-electron chi connectivity index (χ3n) is 4.84. The number of esters is 2. The number of halogens is 1. The number of nitro benzene ring substituents is 1. The molecular formula is C21H25ClN4O8. The van der Waals surface area contributed by atoms with Gasteiger partial charge < -0.3 is 25.4 Å². The van der Waals surface area contributed by atoms with Crippen LogP contribution in [-0.2, 0) is 19.1 Å². The zero-order chi connectivity index (χ0) is 25.6. The lowest BCUT2D eigenvalue weighted by Crippen LogP contribution is -2.50. The van der Waals surface area contributed by atoms with Crippen LogP contribution in [0.3, 0.4) is 0 Å². The van der Waals surface area contributed by atoms with Gasteiger partial charge in [0.25, 0.3) is 11.6 Å². The molecule has 12 nitrogen and oxygen atoms in total. The van der Waals surface area contributed by atoms with Crippen LogP contribution in [0, 0.1) is 16.0 Å². The predicted octanol–water partition coefficient (Wildman–Crippen LogP) is 2.06. The van der Waals surface area contributed by atoms with Crippen molar-refractivity contribution in [3.8, 4) is 0 Å². The first kappa shape index (κ1) is 26.6. The summed E-state index contributed by atoms with van der Waals surface area (Å²) in [4.78, 5) is 59.9. The van der Waals surface area contributed by atoms with E-state index >= 15 is 0 Å². The molecule has 3 N–H and O–H groups in total. The fourth-order valence-electron chi connectivity index (χ4n) is 3.14. The Balaban J connectivity index is 2.20. The van der Waals surface area contributed by atoms with Crippen LogP contribution in [0.4, 0.5) is 10.5 Å². The maximum absolute atomic E-state index is 12.8. The molecule has 1 aromatic rings. The second-order valence-electron chi connectivity index (χ2n) is 7.66. The summed E-state index contributed by atoms with van der Waals surface area (Å²) in [5.41, 5.74) is -0.366. The van der Waals surface area contributed by atoms with E-state index in [0.29, 0.717) is 0 Å². The molecule has 3 amide bonds. The minimum atomic E-state index is -1.15. The molecular weight excluding hydrogens is 472 g/mol. The molecule has 34 heavy (non-hydrogen) atoms. The standard InChI is InChI=1S/C21H25ClN4O8/c1-5-33-19(28)16-11(4)23-21(30)24-15(16)9-34-20(29)17(10(2)3)25-18(27)13-8-12(26(31)32)6-7-14(13)22/h6-8,10-11,17H,5,9H2,1-4H3,(H,25,27)(H2,23,24,30)/t11?,17-/m0/s1. The normalized spacial score (nSPS) is 16.3. The Hall–Kier alpha value is -3.67. The molecule has 0 spiro atoms. The molecule has 2 atom stereocenters. The van der Waals surface area contributed by atoms with Crippen molar-refractivity contribution < 1.29 is 33.6 Å². The van der Waals surface area contributed by atoms with E-state index in [2.05, 4.69) is 16.0 Å². The number of nitrogens with zero attached hydrogens (tertiary/aromatic N) is 1. The number of ether oxygens (including phenoxy) is 2. The number of hydrogen-bond donors (Lipinski definition) is 3. The first-order chi connectivity index (χ1) is 16.0. The SMILES string of the molecule is CCOC(=O)C1=C(COC(=O)[C@@H](NC(=O)c2cc([N+](=O)[O-])ccc2Cl)C(C)C)NC(=O)NC1C. The molecule has 0 radical (unpaired) electrons. The van der Waals surface area contributed by atoms with Gasteiger partial charge in [0, 0.05) is 12.1 Å². The largest absolute Gasteiger partial charge is 0.463 e. The van der Waals surface area contributed by atoms with Crippen molar-refractivity contribution in [2.75, 3.05) is 13.2 Å². The average Bonchev–Trinajstić information content (AvgIpc) is 2.75. The van der Waals surface area contributed by atoms with Crippen LogP contribution >= 0.6 is 11.6 Å². The first-order valence-corrected chi connectivity index (χ1v) is 10.7. The summed E-state index contributed by atoms with van der Waals surface area (Å²) in [5, 5.41) is 18.4. The number of benzene rings is 1. The van der Waals surface area contributed by atoms with Crippen molar-refractivity contribution in [2.45, 2.75) is 39.8 Å². The summed E-state index contributed by atoms with van der Waals surface area (Å²) < 4.78 is 10.3. The Bertz CT molecular complexity index is 1040. The summed E-state index contributed by atoms with van der Waals surface area (Å²) in [7, 11) is 0. The van der Waals surface area contributed by atoms with Crippen molar-refractivity contribution in [3.05, 3.63) is 50.2 Å². The highest BCUT2D eigenvalue weighted by Crippen LogP contribution is 2.22. The van der Waals surface area contributed by atoms with Crippen molar-refractivity contribution in [1.82, 2.24) is 16.0 Å². The zero-order valence-corrected chi connectivity index (χ0v) is 19.7. The van der Waals surface area contributed by atoms with E-state index in [-0.39, 0.29) is 34.2 Å². The van der Waals surface area contributed by atoms with E-state index in [1.165, 1.54) is 6.07 Å². The van der Waals surface area contributed by atoms with Crippen LogP contribution in [0.2, 0.25) is 5.02 Å². The summed E-state index contributed by atoms with van der Waals surface area (Å²) in [5.74, 6) is -2.77. The minimum Gasteiger partial charge on any atom is -0.463 e. The Labute approximate surface area is 200 Å². The number of carbonyl (C=O) groups excluding carboxylic acids is 4. The highest BCUT2D eigenvalue weighted by molar-refractivity contribution is 6.34. The molecule has 0 saturated heterocycles. The second-order valence-corrected chi connectivity index (χ2v) is 8.06. The predicted molar refractivity (Wildman–Crippen MR) is 120 cm³/mol. The molecule has 0 saturated carbocycles. The van der Waals surface area contributed by atoms with E-state index in [1.54, 1.807) is 27.7 Å². The molecule has 1 aliphatic heterocycles. The van der Waals surface area contributed by atoms with Crippen molar-refractivity contribution in [2.24, 2.45) is 5.92 Å². The van der Waals surface area contributed by atoms with Crippen molar-refractivity contribution in [1.29, 1.82) is 0 Å². The number of non-ortho nitro benzene ring substituents is 1. The molecule has 13 heteroatoms. The molecule has 0 aliphatic carbocycles. The van der Waals surface area contributed by atoms with Gasteiger partial charge in [-0.25, -0.2) is 14.4 Å². The number of rotatable bonds is 9. The topological polar surface area (TPSA) is 166 Å². The number of nitro groups is 1. The molecule has 0 aromatic heterocycles. The fourth-order valence-corrected chi connectivity index (χ4v) is 3.35. The van der Waals surface area contributed by atoms with Crippen LogP contribution in [0.1, 0.15) is 38.1 Å². The van der Waals surface area contributed by atoms with Gasteiger partial charge in [0.2, 0.25) is 0 Å². The van der Waals surface area contributed by atoms with Gasteiger partial charge in [-0.1, -0.05) is 25.4 Å². The van der Waals surface area contributed by atoms with Gasteiger partial charge in [0.05, 0.1) is 39.4 Å². The van der Waals surface area contributed by atoms with E-state index in [9.17, 15) is 29.3 Å². The van der Waals surface area contributed by atoms with E-state index < -0.39 is 53.4 Å². The van der Waals surface area contributed by atoms with Crippen LogP contribution in [0.25, 0.3) is 0 Å². The maximum Gasteiger partial charge on any atom is 0.338 e. The fraction of sp³-hybridized carbons (Fsp3) is 0.429.